The van der Waals surface area contributed by atoms with Crippen molar-refractivity contribution in [3.8, 4) is 17.0 Å². The van der Waals surface area contributed by atoms with E-state index in [9.17, 15) is 14.7 Å². The van der Waals surface area contributed by atoms with Gasteiger partial charge in [0.15, 0.2) is 5.13 Å². The van der Waals surface area contributed by atoms with Gasteiger partial charge in [-0.25, -0.2) is 4.98 Å². The smallest absolute Gasteiger partial charge is 0.312 e. The van der Waals surface area contributed by atoms with Gasteiger partial charge in [0.2, 0.25) is 0 Å². The van der Waals surface area contributed by atoms with Gasteiger partial charge in [0.1, 0.15) is 12.4 Å². The highest BCUT2D eigenvalue weighted by molar-refractivity contribution is 7.14. The molecule has 2 atom stereocenters. The third-order valence-electron chi connectivity index (χ3n) is 9.77. The highest BCUT2D eigenvalue weighted by Crippen LogP contribution is 2.53. The maximum Gasteiger partial charge on any atom is 0.312 e. The molecular formula is C34H41N3O5S. The number of carbonyl (C=O) groups excluding carboxylic acids is 1. The van der Waals surface area contributed by atoms with Crippen LogP contribution in [0.25, 0.3) is 11.3 Å². The summed E-state index contributed by atoms with van der Waals surface area (Å²) in [6, 6.07) is 12.1. The quantitative estimate of drug-likeness (QED) is 0.312. The Morgan fingerprint density at radius 3 is 2.47 bits per heavy atom. The summed E-state index contributed by atoms with van der Waals surface area (Å²) in [4.78, 5) is 34.6. The van der Waals surface area contributed by atoms with E-state index in [0.29, 0.717) is 19.7 Å². The molecule has 1 aliphatic carbocycles. The maximum absolute atomic E-state index is 13.0. The van der Waals surface area contributed by atoms with Gasteiger partial charge < -0.3 is 24.4 Å². The lowest BCUT2D eigenvalue weighted by atomic mass is 9.70. The number of carbonyl (C=O) groups is 2. The van der Waals surface area contributed by atoms with Crippen molar-refractivity contribution in [3.63, 3.8) is 0 Å². The van der Waals surface area contributed by atoms with Crippen LogP contribution in [0.4, 0.5) is 5.13 Å². The van der Waals surface area contributed by atoms with Crippen LogP contribution in [0.5, 0.6) is 5.75 Å². The molecule has 1 saturated carbocycles. The van der Waals surface area contributed by atoms with Crippen molar-refractivity contribution in [2.75, 3.05) is 44.8 Å². The Kier molecular flexibility index (Phi) is 8.47. The zero-order valence-electron chi connectivity index (χ0n) is 25.3. The normalized spacial score (nSPS) is 23.4. The number of rotatable bonds is 9. The molecule has 3 aromatic rings. The minimum atomic E-state index is -0.805. The molecule has 2 saturated heterocycles. The van der Waals surface area contributed by atoms with Gasteiger partial charge in [0.25, 0.3) is 5.91 Å². The Balaban J connectivity index is 1.17. The number of benzene rings is 2. The molecule has 3 fully saturated rings. The van der Waals surface area contributed by atoms with Crippen LogP contribution in [0, 0.1) is 31.1 Å². The number of hydrogen-bond acceptors (Lipinski definition) is 7. The molecule has 8 nitrogen and oxygen atoms in total. The summed E-state index contributed by atoms with van der Waals surface area (Å²) in [5, 5.41) is 13.2. The van der Waals surface area contributed by atoms with Crippen LogP contribution >= 0.6 is 11.3 Å². The number of likely N-dealkylation sites (tertiary alicyclic amines) is 1. The number of hydrogen-bond donors (Lipinski definition) is 1. The van der Waals surface area contributed by atoms with Gasteiger partial charge in [-0.1, -0.05) is 17.7 Å². The minimum absolute atomic E-state index is 0.0405. The lowest BCUT2D eigenvalue weighted by Gasteiger charge is -2.44. The Morgan fingerprint density at radius 1 is 1.05 bits per heavy atom. The number of ether oxygens (including phenoxy) is 2. The van der Waals surface area contributed by atoms with Crippen LogP contribution in [0.1, 0.15) is 59.2 Å². The summed E-state index contributed by atoms with van der Waals surface area (Å²) in [5.74, 6) is 0.224. The van der Waals surface area contributed by atoms with Gasteiger partial charge in [0, 0.05) is 49.8 Å². The number of anilines is 1. The van der Waals surface area contributed by atoms with Crippen LogP contribution in [-0.4, -0.2) is 66.8 Å². The number of aliphatic carboxylic acids is 1. The van der Waals surface area contributed by atoms with E-state index in [-0.39, 0.29) is 24.3 Å². The second kappa shape index (κ2) is 12.3. The van der Waals surface area contributed by atoms with Gasteiger partial charge >= 0.3 is 5.97 Å². The van der Waals surface area contributed by atoms with Gasteiger partial charge in [-0.15, -0.1) is 11.3 Å². The van der Waals surface area contributed by atoms with E-state index in [0.717, 1.165) is 83.2 Å². The highest BCUT2D eigenvalue weighted by Gasteiger charge is 2.59. The molecule has 2 aliphatic heterocycles. The number of methoxy groups -OCH3 is 1. The van der Waals surface area contributed by atoms with Crippen LogP contribution in [0.15, 0.2) is 41.8 Å². The molecule has 2 bridgehead atoms. The molecule has 0 spiro atoms. The third kappa shape index (κ3) is 5.65. The molecule has 228 valence electrons. The summed E-state index contributed by atoms with van der Waals surface area (Å²) < 4.78 is 11.8. The topological polar surface area (TPSA) is 92.2 Å². The Morgan fingerprint density at radius 2 is 1.79 bits per heavy atom. The summed E-state index contributed by atoms with van der Waals surface area (Å²) in [5.41, 5.74) is 4.94. The Bertz CT molecular complexity index is 1480. The zero-order valence-corrected chi connectivity index (χ0v) is 26.1. The molecule has 2 unspecified atom stereocenters. The first kappa shape index (κ1) is 29.6. The lowest BCUT2D eigenvalue weighted by Crippen LogP contribution is -2.55. The Labute approximate surface area is 257 Å². The number of piperidine rings is 2. The van der Waals surface area contributed by atoms with Gasteiger partial charge in [-0.3, -0.25) is 9.59 Å². The van der Waals surface area contributed by atoms with Crippen molar-refractivity contribution >= 4 is 28.3 Å². The predicted octanol–water partition coefficient (Wildman–Crippen LogP) is 6.20. The van der Waals surface area contributed by atoms with E-state index in [1.54, 1.807) is 18.4 Å². The standard InChI is InChI=1S/C34H41N3O5S/c1-22-7-12-30(42-19-25-9-8-24(16-23(25)2)31(38)36-13-5-4-6-14-36)28(15-22)29-20-43-33(35-29)37-17-26-10-11-27(18-37)34(26,21-41-3)32(39)40/h7-9,12,15-16,20,26-27H,4-6,10-11,13-14,17-19,21H2,1-3H3,(H,39,40). The van der Waals surface area contributed by atoms with Crippen molar-refractivity contribution in [2.45, 2.75) is 52.6 Å². The van der Waals surface area contributed by atoms with Gasteiger partial charge in [-0.05, 0) is 93.2 Å². The molecule has 3 aliphatic rings. The average Bonchev–Trinajstić information content (AvgIpc) is 3.56. The second-order valence-electron chi connectivity index (χ2n) is 12.5. The first-order valence-electron chi connectivity index (χ1n) is 15.4. The van der Waals surface area contributed by atoms with Crippen LogP contribution in [-0.2, 0) is 16.1 Å². The summed E-state index contributed by atoms with van der Waals surface area (Å²) in [7, 11) is 1.60. The molecule has 3 heterocycles. The highest BCUT2D eigenvalue weighted by atomic mass is 32.1. The molecule has 1 aromatic heterocycles. The summed E-state index contributed by atoms with van der Waals surface area (Å²) in [6.45, 7) is 7.77. The number of carboxylic acid groups (broad SMARTS) is 1. The average molecular weight is 604 g/mol. The fourth-order valence-corrected chi connectivity index (χ4v) is 8.18. The number of amides is 1. The Hall–Kier alpha value is -3.43. The first-order chi connectivity index (χ1) is 20.8. The predicted molar refractivity (Wildman–Crippen MR) is 168 cm³/mol. The fourth-order valence-electron chi connectivity index (χ4n) is 7.34. The van der Waals surface area contributed by atoms with Crippen molar-refractivity contribution in [1.29, 1.82) is 0 Å². The molecule has 9 heteroatoms. The number of carboxylic acids is 1. The van der Waals surface area contributed by atoms with Crippen LogP contribution in [0.3, 0.4) is 0 Å². The van der Waals surface area contributed by atoms with Crippen LogP contribution in [0.2, 0.25) is 0 Å². The number of thiazole rings is 1. The van der Waals surface area contributed by atoms with Crippen molar-refractivity contribution in [2.24, 2.45) is 17.3 Å². The number of fused-ring (bicyclic) bond motifs is 2. The SMILES string of the molecule is COCC1(C(=O)O)C2CCC1CN(c1nc(-c3cc(C)ccc3OCc3ccc(C(=O)N4CCCCC4)cc3C)cs1)C2. The van der Waals surface area contributed by atoms with Crippen molar-refractivity contribution in [3.05, 3.63) is 64.0 Å². The molecular weight excluding hydrogens is 562 g/mol. The van der Waals surface area contributed by atoms with E-state index in [1.165, 1.54) is 6.42 Å². The van der Waals surface area contributed by atoms with E-state index >= 15 is 0 Å². The zero-order chi connectivity index (χ0) is 30.1. The number of nitrogens with zero attached hydrogens (tertiary/aromatic N) is 3. The van der Waals surface area contributed by atoms with Crippen molar-refractivity contribution < 1.29 is 24.2 Å². The molecule has 6 rings (SSSR count). The van der Waals surface area contributed by atoms with E-state index in [4.69, 9.17) is 14.5 Å². The summed E-state index contributed by atoms with van der Waals surface area (Å²) in [6.07, 6.45) is 5.16. The van der Waals surface area contributed by atoms with E-state index in [1.807, 2.05) is 42.2 Å². The van der Waals surface area contributed by atoms with Crippen molar-refractivity contribution in [1.82, 2.24) is 9.88 Å². The fraction of sp³-hybridized carbons (Fsp3) is 0.500. The third-order valence-corrected chi connectivity index (χ3v) is 10.7. The second-order valence-corrected chi connectivity index (χ2v) is 13.3. The number of aryl methyl sites for hydroxylation is 2. The monoisotopic (exact) mass is 603 g/mol. The molecule has 0 radical (unpaired) electrons. The number of aromatic nitrogens is 1. The van der Waals surface area contributed by atoms with E-state index in [2.05, 4.69) is 23.3 Å². The summed E-state index contributed by atoms with van der Waals surface area (Å²) >= 11 is 1.60. The lowest BCUT2D eigenvalue weighted by molar-refractivity contribution is -0.160. The largest absolute Gasteiger partial charge is 0.488 e. The minimum Gasteiger partial charge on any atom is -0.488 e. The molecule has 1 N–H and O–H groups in total. The molecule has 1 amide bonds. The molecule has 2 aromatic carbocycles. The van der Waals surface area contributed by atoms with E-state index < -0.39 is 11.4 Å². The first-order valence-corrected chi connectivity index (χ1v) is 16.2. The molecule has 43 heavy (non-hydrogen) atoms. The van der Waals surface area contributed by atoms with Gasteiger partial charge in [-0.2, -0.15) is 0 Å². The maximum atomic E-state index is 13.0. The van der Waals surface area contributed by atoms with Gasteiger partial charge in [0.05, 0.1) is 17.7 Å². The van der Waals surface area contributed by atoms with Crippen LogP contribution < -0.4 is 9.64 Å².